The lowest BCUT2D eigenvalue weighted by Crippen LogP contribution is -2.43. The maximum Gasteiger partial charge on any atom is 0.0675 e. The lowest BCUT2D eigenvalue weighted by atomic mass is 9.74. The van der Waals surface area contributed by atoms with E-state index in [2.05, 4.69) is 18.3 Å². The maximum absolute atomic E-state index is 6.40. The lowest BCUT2D eigenvalue weighted by Gasteiger charge is -2.35. The Morgan fingerprint density at radius 2 is 2.14 bits per heavy atom. The number of benzene rings is 1. The van der Waals surface area contributed by atoms with Crippen molar-refractivity contribution in [2.24, 2.45) is 11.3 Å². The van der Waals surface area contributed by atoms with Crippen LogP contribution in [0.3, 0.4) is 0 Å². The highest BCUT2D eigenvalue weighted by Crippen LogP contribution is 2.49. The Morgan fingerprint density at radius 1 is 1.33 bits per heavy atom. The molecule has 4 heteroatoms. The average molecular weight is 328 g/mol. The summed E-state index contributed by atoms with van der Waals surface area (Å²) >= 11 is 12.4. The van der Waals surface area contributed by atoms with Gasteiger partial charge < -0.3 is 10.1 Å². The molecule has 2 fully saturated rings. The van der Waals surface area contributed by atoms with Crippen LogP contribution in [-0.2, 0) is 11.2 Å². The number of rotatable bonds is 6. The normalized spacial score (nSPS) is 29.0. The highest BCUT2D eigenvalue weighted by Gasteiger charge is 2.50. The van der Waals surface area contributed by atoms with Gasteiger partial charge in [-0.2, -0.15) is 0 Å². The molecular weight excluding hydrogens is 305 g/mol. The summed E-state index contributed by atoms with van der Waals surface area (Å²) in [5, 5.41) is 5.02. The van der Waals surface area contributed by atoms with Crippen molar-refractivity contribution in [3.8, 4) is 0 Å². The summed E-state index contributed by atoms with van der Waals surface area (Å²) in [7, 11) is 0. The van der Waals surface area contributed by atoms with Crippen molar-refractivity contribution in [1.29, 1.82) is 0 Å². The quantitative estimate of drug-likeness (QED) is 0.839. The van der Waals surface area contributed by atoms with Crippen LogP contribution in [0.4, 0.5) is 0 Å². The molecule has 116 valence electrons. The van der Waals surface area contributed by atoms with E-state index in [4.69, 9.17) is 27.9 Å². The topological polar surface area (TPSA) is 21.3 Å². The molecule has 1 saturated carbocycles. The van der Waals surface area contributed by atoms with Crippen molar-refractivity contribution in [3.05, 3.63) is 33.8 Å². The van der Waals surface area contributed by atoms with Crippen molar-refractivity contribution >= 4 is 23.2 Å². The van der Waals surface area contributed by atoms with Crippen LogP contribution >= 0.6 is 23.2 Å². The van der Waals surface area contributed by atoms with Crippen molar-refractivity contribution in [3.63, 3.8) is 0 Å². The largest absolute Gasteiger partial charge is 0.377 e. The minimum Gasteiger partial charge on any atom is -0.377 e. The molecule has 0 aromatic heterocycles. The highest BCUT2D eigenvalue weighted by atomic mass is 35.5. The third-order valence-electron chi connectivity index (χ3n) is 4.84. The molecule has 1 heterocycles. The first-order valence-electron chi connectivity index (χ1n) is 7.91. The van der Waals surface area contributed by atoms with E-state index < -0.39 is 0 Å². The van der Waals surface area contributed by atoms with Crippen molar-refractivity contribution in [2.45, 2.75) is 38.7 Å². The number of ether oxygens (including phenoxy) is 1. The molecule has 1 saturated heterocycles. The van der Waals surface area contributed by atoms with Crippen LogP contribution in [0, 0.1) is 11.3 Å². The highest BCUT2D eigenvalue weighted by molar-refractivity contribution is 6.35. The van der Waals surface area contributed by atoms with Gasteiger partial charge in [0.1, 0.15) is 0 Å². The number of hydrogen-bond donors (Lipinski definition) is 1. The standard InChI is InChI=1S/C17H23Cl2NO/c1-2-20-11-17(7-8-21-16(17)12-3-4-12)10-13-5-6-14(18)9-15(13)19/h5-6,9,12,16,20H,2-4,7-8,10-11H2,1H3. The van der Waals surface area contributed by atoms with E-state index in [-0.39, 0.29) is 5.41 Å². The zero-order valence-corrected chi connectivity index (χ0v) is 14.0. The smallest absolute Gasteiger partial charge is 0.0675 e. The Morgan fingerprint density at radius 3 is 2.81 bits per heavy atom. The minimum absolute atomic E-state index is 0.175. The molecule has 2 unspecified atom stereocenters. The summed E-state index contributed by atoms with van der Waals surface area (Å²) in [6, 6.07) is 5.85. The van der Waals surface area contributed by atoms with Gasteiger partial charge >= 0.3 is 0 Å². The molecule has 2 atom stereocenters. The maximum atomic E-state index is 6.40. The SMILES string of the molecule is CCNCC1(Cc2ccc(Cl)cc2Cl)CCOC1C1CC1. The van der Waals surface area contributed by atoms with Gasteiger partial charge in [-0.25, -0.2) is 0 Å². The minimum atomic E-state index is 0.175. The predicted molar refractivity (Wildman–Crippen MR) is 88.2 cm³/mol. The molecule has 2 nitrogen and oxygen atoms in total. The summed E-state index contributed by atoms with van der Waals surface area (Å²) in [5.74, 6) is 0.747. The van der Waals surface area contributed by atoms with Gasteiger partial charge in [0.25, 0.3) is 0 Å². The molecule has 0 radical (unpaired) electrons. The molecule has 1 aliphatic heterocycles. The first-order valence-corrected chi connectivity index (χ1v) is 8.66. The first-order chi connectivity index (χ1) is 10.1. The fourth-order valence-electron chi connectivity index (χ4n) is 3.60. The first kappa shape index (κ1) is 15.6. The fourth-order valence-corrected chi connectivity index (χ4v) is 4.08. The summed E-state index contributed by atoms with van der Waals surface area (Å²) in [5.41, 5.74) is 1.37. The Bertz CT molecular complexity index is 504. The van der Waals surface area contributed by atoms with E-state index >= 15 is 0 Å². The van der Waals surface area contributed by atoms with Gasteiger partial charge in [0.2, 0.25) is 0 Å². The molecule has 1 aromatic rings. The molecule has 1 aromatic carbocycles. The van der Waals surface area contributed by atoms with Crippen LogP contribution in [0.2, 0.25) is 10.0 Å². The van der Waals surface area contributed by atoms with Gasteiger partial charge in [-0.3, -0.25) is 0 Å². The third-order valence-corrected chi connectivity index (χ3v) is 5.42. The van der Waals surface area contributed by atoms with Crippen molar-refractivity contribution in [2.75, 3.05) is 19.7 Å². The number of hydrogen-bond acceptors (Lipinski definition) is 2. The fraction of sp³-hybridized carbons (Fsp3) is 0.647. The van der Waals surface area contributed by atoms with E-state index in [9.17, 15) is 0 Å². The molecule has 21 heavy (non-hydrogen) atoms. The van der Waals surface area contributed by atoms with Gasteiger partial charge in [0, 0.05) is 28.6 Å². The van der Waals surface area contributed by atoms with Gasteiger partial charge in [0.05, 0.1) is 6.10 Å². The summed E-state index contributed by atoms with van der Waals surface area (Å²) in [4.78, 5) is 0. The van der Waals surface area contributed by atoms with Gasteiger partial charge in [-0.1, -0.05) is 36.2 Å². The zero-order chi connectivity index (χ0) is 14.9. The van der Waals surface area contributed by atoms with Crippen LogP contribution in [0.25, 0.3) is 0 Å². The molecule has 3 rings (SSSR count). The van der Waals surface area contributed by atoms with E-state index in [1.807, 2.05) is 12.1 Å². The Kier molecular flexibility index (Phi) is 4.80. The second-order valence-electron chi connectivity index (χ2n) is 6.43. The molecule has 2 aliphatic rings. The van der Waals surface area contributed by atoms with Crippen LogP contribution in [-0.4, -0.2) is 25.8 Å². The number of nitrogens with one attached hydrogen (secondary N) is 1. The van der Waals surface area contributed by atoms with Gasteiger partial charge in [-0.15, -0.1) is 0 Å². The van der Waals surface area contributed by atoms with Gasteiger partial charge in [-0.05, 0) is 55.8 Å². The lowest BCUT2D eigenvalue weighted by molar-refractivity contribution is 0.0309. The van der Waals surface area contributed by atoms with Gasteiger partial charge in [0.15, 0.2) is 0 Å². The Labute approximate surface area is 137 Å². The Hall–Kier alpha value is -0.280. The monoisotopic (exact) mass is 327 g/mol. The average Bonchev–Trinajstić information content (AvgIpc) is 3.22. The third kappa shape index (κ3) is 3.39. The Balaban J connectivity index is 1.84. The molecule has 0 amide bonds. The van der Waals surface area contributed by atoms with Crippen molar-refractivity contribution < 1.29 is 4.74 Å². The molecule has 0 bridgehead atoms. The van der Waals surface area contributed by atoms with E-state index in [1.165, 1.54) is 18.4 Å². The van der Waals surface area contributed by atoms with E-state index in [1.54, 1.807) is 0 Å². The van der Waals surface area contributed by atoms with Crippen LogP contribution in [0.1, 0.15) is 31.7 Å². The van der Waals surface area contributed by atoms with E-state index in [0.717, 1.165) is 43.5 Å². The summed E-state index contributed by atoms with van der Waals surface area (Å²) < 4.78 is 6.12. The van der Waals surface area contributed by atoms with Crippen molar-refractivity contribution in [1.82, 2.24) is 5.32 Å². The van der Waals surface area contributed by atoms with Crippen LogP contribution in [0.15, 0.2) is 18.2 Å². The summed E-state index contributed by atoms with van der Waals surface area (Å²) in [6.07, 6.45) is 5.08. The second kappa shape index (κ2) is 6.45. The van der Waals surface area contributed by atoms with Crippen LogP contribution in [0.5, 0.6) is 0 Å². The van der Waals surface area contributed by atoms with Crippen LogP contribution < -0.4 is 5.32 Å². The zero-order valence-electron chi connectivity index (χ0n) is 12.5. The summed E-state index contributed by atoms with van der Waals surface area (Å²) in [6.45, 7) is 5.03. The molecule has 1 N–H and O–H groups in total. The van der Waals surface area contributed by atoms with E-state index in [0.29, 0.717) is 11.1 Å². The molecular formula is C17H23Cl2NO. The molecule has 0 spiro atoms. The number of halogens is 2. The predicted octanol–water partition coefficient (Wildman–Crippen LogP) is 4.33. The second-order valence-corrected chi connectivity index (χ2v) is 7.28. The molecule has 1 aliphatic carbocycles.